The number of fused-ring (bicyclic) bond motifs is 1. The summed E-state index contributed by atoms with van der Waals surface area (Å²) in [5.41, 5.74) is 6.14. The summed E-state index contributed by atoms with van der Waals surface area (Å²) in [6, 6.07) is 8.31. The average Bonchev–Trinajstić information content (AvgIpc) is 3.03. The third-order valence-corrected chi connectivity index (χ3v) is 5.72. The Hall–Kier alpha value is -2.89. The van der Waals surface area contributed by atoms with Gasteiger partial charge in [-0.05, 0) is 36.8 Å². The van der Waals surface area contributed by atoms with Crippen LogP contribution in [0, 0.1) is 12.3 Å². The maximum Gasteiger partial charge on any atom is 0.308 e. The van der Waals surface area contributed by atoms with Crippen LogP contribution in [0.1, 0.15) is 82.5 Å². The van der Waals surface area contributed by atoms with E-state index in [1.165, 1.54) is 5.56 Å². The van der Waals surface area contributed by atoms with Crippen LogP contribution in [-0.4, -0.2) is 27.8 Å². The molecule has 1 aliphatic rings. The van der Waals surface area contributed by atoms with Crippen LogP contribution in [0.3, 0.4) is 0 Å². The van der Waals surface area contributed by atoms with E-state index < -0.39 is 6.29 Å². The van der Waals surface area contributed by atoms with E-state index in [0.717, 1.165) is 34.5 Å². The van der Waals surface area contributed by atoms with Crippen LogP contribution in [0.2, 0.25) is 0 Å². The van der Waals surface area contributed by atoms with Crippen molar-refractivity contribution in [2.45, 2.75) is 86.0 Å². The second-order valence-electron chi connectivity index (χ2n) is 9.34. The Labute approximate surface area is 191 Å². The van der Waals surface area contributed by atoms with E-state index in [4.69, 9.17) is 14.9 Å². The molecule has 1 heterocycles. The third-order valence-electron chi connectivity index (χ3n) is 5.72. The van der Waals surface area contributed by atoms with Crippen molar-refractivity contribution in [3.63, 3.8) is 0 Å². The van der Waals surface area contributed by atoms with Gasteiger partial charge < -0.3 is 14.9 Å². The molecule has 0 aliphatic heterocycles. The lowest BCUT2D eigenvalue weighted by Gasteiger charge is -2.26. The van der Waals surface area contributed by atoms with Crippen molar-refractivity contribution in [3.05, 3.63) is 52.3 Å². The van der Waals surface area contributed by atoms with Crippen LogP contribution in [0.15, 0.2) is 24.3 Å². The lowest BCUT2D eigenvalue weighted by molar-refractivity contribution is -0.164. The minimum Gasteiger partial charge on any atom is -0.452 e. The number of nitrogens with one attached hydrogen (secondary N) is 1. The molecule has 1 aromatic carbocycles. The first-order chi connectivity index (χ1) is 15.1. The maximum absolute atomic E-state index is 12.0. The minimum atomic E-state index is -0.771. The number of nitrogens with zero attached hydrogens (tertiary/aromatic N) is 2. The van der Waals surface area contributed by atoms with Gasteiger partial charge >= 0.3 is 5.97 Å². The summed E-state index contributed by atoms with van der Waals surface area (Å²) < 4.78 is 13.7. The molecule has 0 bridgehead atoms. The second-order valence-corrected chi connectivity index (χ2v) is 9.34. The highest BCUT2D eigenvalue weighted by Gasteiger charge is 2.32. The number of aromatic nitrogens is 2. The molecule has 0 saturated heterocycles. The van der Waals surface area contributed by atoms with E-state index >= 15 is 0 Å². The molecule has 1 unspecified atom stereocenters. The fourth-order valence-electron chi connectivity index (χ4n) is 4.03. The number of rotatable bonds is 7. The van der Waals surface area contributed by atoms with Crippen molar-refractivity contribution in [2.75, 3.05) is 0 Å². The van der Waals surface area contributed by atoms with Gasteiger partial charge in [0, 0.05) is 43.2 Å². The number of ether oxygens (including phenoxy) is 2. The molecule has 1 N–H and O–H groups in total. The van der Waals surface area contributed by atoms with Gasteiger partial charge in [-0.3, -0.25) is 9.48 Å². The summed E-state index contributed by atoms with van der Waals surface area (Å²) in [4.78, 5) is 12.0. The van der Waals surface area contributed by atoms with E-state index in [2.05, 4.69) is 38.0 Å². The molecular weight excluding hydrogens is 402 g/mol. The molecule has 3 rings (SSSR count). The predicted octanol–water partition coefficient (Wildman–Crippen LogP) is 5.66. The van der Waals surface area contributed by atoms with Crippen molar-refractivity contribution in [2.24, 2.45) is 0 Å². The van der Waals surface area contributed by atoms with E-state index in [9.17, 15) is 4.79 Å². The minimum absolute atomic E-state index is 0.0411. The monoisotopic (exact) mass is 437 g/mol. The molecule has 172 valence electrons. The zero-order valence-electron chi connectivity index (χ0n) is 20.3. The number of benzene rings is 1. The molecule has 6 nitrogen and oxygen atoms in total. The van der Waals surface area contributed by atoms with Gasteiger partial charge in [-0.15, -0.1) is 0 Å². The zero-order chi connectivity index (χ0) is 23.6. The largest absolute Gasteiger partial charge is 0.452 e. The third kappa shape index (κ3) is 4.79. The lowest BCUT2D eigenvalue weighted by Crippen LogP contribution is -2.23. The summed E-state index contributed by atoms with van der Waals surface area (Å²) in [5.74, 6) is 0.266. The highest BCUT2D eigenvalue weighted by molar-refractivity contribution is 6.30. The van der Waals surface area contributed by atoms with Crippen molar-refractivity contribution < 1.29 is 14.3 Å². The summed E-state index contributed by atoms with van der Waals surface area (Å²) in [6.07, 6.45) is 0.790. The molecule has 1 aliphatic carbocycles. The Kier molecular flexibility index (Phi) is 6.91. The summed E-state index contributed by atoms with van der Waals surface area (Å²) in [5, 5.41) is 13.5. The Morgan fingerprint density at radius 3 is 2.44 bits per heavy atom. The van der Waals surface area contributed by atoms with Crippen LogP contribution >= 0.6 is 0 Å². The number of esters is 1. The van der Waals surface area contributed by atoms with Crippen LogP contribution in [0.25, 0.3) is 11.3 Å². The number of carbonyl (C=O) groups is 1. The number of allylic oxidation sites excluding steroid dienone is 1. The Bertz CT molecular complexity index is 1040. The van der Waals surface area contributed by atoms with Gasteiger partial charge in [0.05, 0.1) is 5.69 Å². The Morgan fingerprint density at radius 2 is 1.88 bits per heavy atom. The Balaban J connectivity index is 2.12. The number of hydrogen-bond acceptors (Lipinski definition) is 5. The van der Waals surface area contributed by atoms with Crippen molar-refractivity contribution >= 4 is 23.0 Å². The normalized spacial score (nSPS) is 14.9. The number of hydrogen-bond donors (Lipinski definition) is 1. The summed E-state index contributed by atoms with van der Waals surface area (Å²) in [7, 11) is 0. The number of aryl methyl sites for hydroxylation is 2. The summed E-state index contributed by atoms with van der Waals surface area (Å²) in [6.45, 7) is 14.9. The topological polar surface area (TPSA) is 77.2 Å². The molecule has 0 amide bonds. The zero-order valence-corrected chi connectivity index (χ0v) is 20.3. The SMILES string of the molecule is CCCC(=O)OC(C)OC1=C(c2ccc(C(C)(C)C)cc2)C(=N)Cc2c(C)nn(CC)c21. The molecule has 1 aromatic heterocycles. The molecule has 1 atom stereocenters. The van der Waals surface area contributed by atoms with E-state index in [-0.39, 0.29) is 11.4 Å². The molecule has 0 fully saturated rings. The van der Waals surface area contributed by atoms with Gasteiger partial charge in [0.2, 0.25) is 6.29 Å². The standard InChI is InChI=1S/C26H35N3O3/c1-8-10-22(30)31-17(4)32-25-23(18-11-13-19(14-12-18)26(5,6)7)21(27)15-20-16(3)28-29(9-2)24(20)25/h11-14,17,27H,8-10,15H2,1-7H3. The van der Waals surface area contributed by atoms with Gasteiger partial charge in [-0.1, -0.05) is 52.0 Å². The number of carbonyl (C=O) groups excluding carboxylic acids is 1. The molecule has 2 aromatic rings. The summed E-state index contributed by atoms with van der Waals surface area (Å²) >= 11 is 0. The molecule has 32 heavy (non-hydrogen) atoms. The van der Waals surface area contributed by atoms with Gasteiger partial charge in [0.15, 0.2) is 5.76 Å². The fraction of sp³-hybridized carbons (Fsp3) is 0.500. The average molecular weight is 438 g/mol. The highest BCUT2D eigenvalue weighted by atomic mass is 16.7. The highest BCUT2D eigenvalue weighted by Crippen LogP contribution is 2.38. The van der Waals surface area contributed by atoms with Crippen molar-refractivity contribution in [1.82, 2.24) is 9.78 Å². The van der Waals surface area contributed by atoms with Crippen LogP contribution in [-0.2, 0) is 32.6 Å². The lowest BCUT2D eigenvalue weighted by atomic mass is 9.84. The second kappa shape index (κ2) is 9.31. The maximum atomic E-state index is 12.0. The molecule has 0 saturated carbocycles. The van der Waals surface area contributed by atoms with Gasteiger partial charge in [-0.25, -0.2) is 0 Å². The van der Waals surface area contributed by atoms with Crippen LogP contribution in [0.4, 0.5) is 0 Å². The van der Waals surface area contributed by atoms with Crippen molar-refractivity contribution in [1.29, 1.82) is 5.41 Å². The van der Waals surface area contributed by atoms with Crippen LogP contribution < -0.4 is 0 Å². The molecule has 0 spiro atoms. The fourth-order valence-corrected chi connectivity index (χ4v) is 4.03. The van der Waals surface area contributed by atoms with E-state index in [0.29, 0.717) is 30.9 Å². The predicted molar refractivity (Wildman–Crippen MR) is 128 cm³/mol. The molecule has 0 radical (unpaired) electrons. The Morgan fingerprint density at radius 1 is 1.22 bits per heavy atom. The van der Waals surface area contributed by atoms with Crippen LogP contribution in [0.5, 0.6) is 0 Å². The smallest absolute Gasteiger partial charge is 0.308 e. The van der Waals surface area contributed by atoms with Gasteiger partial charge in [-0.2, -0.15) is 5.10 Å². The van der Waals surface area contributed by atoms with E-state index in [1.54, 1.807) is 6.92 Å². The van der Waals surface area contributed by atoms with Crippen molar-refractivity contribution in [3.8, 4) is 0 Å². The first kappa shape index (κ1) is 23.8. The molecular formula is C26H35N3O3. The van der Waals surface area contributed by atoms with E-state index in [1.807, 2.05) is 37.6 Å². The van der Waals surface area contributed by atoms with Gasteiger partial charge in [0.1, 0.15) is 5.69 Å². The molecule has 6 heteroatoms. The van der Waals surface area contributed by atoms with Gasteiger partial charge in [0.25, 0.3) is 0 Å². The first-order valence-corrected chi connectivity index (χ1v) is 11.4. The quantitative estimate of drug-likeness (QED) is 0.448. The first-order valence-electron chi connectivity index (χ1n) is 11.4.